The van der Waals surface area contributed by atoms with Gasteiger partial charge in [0.25, 0.3) is 0 Å². The average Bonchev–Trinajstić information content (AvgIpc) is 2.77. The number of aromatic nitrogens is 2. The van der Waals surface area contributed by atoms with Crippen LogP contribution in [0.3, 0.4) is 0 Å². The van der Waals surface area contributed by atoms with Crippen LogP contribution in [-0.4, -0.2) is 47.1 Å². The van der Waals surface area contributed by atoms with Crippen molar-refractivity contribution >= 4 is 29.0 Å². The molecule has 0 unspecified atom stereocenters. The molecule has 1 saturated heterocycles. The van der Waals surface area contributed by atoms with E-state index in [-0.39, 0.29) is 6.03 Å². The smallest absolute Gasteiger partial charge is 0.321 e. The molecule has 0 spiro atoms. The highest BCUT2D eigenvalue weighted by Gasteiger charge is 2.23. The van der Waals surface area contributed by atoms with Gasteiger partial charge >= 0.3 is 6.03 Å². The maximum atomic E-state index is 12.8. The van der Waals surface area contributed by atoms with E-state index in [0.29, 0.717) is 18.9 Å². The number of urea groups is 1. The fourth-order valence-corrected chi connectivity index (χ4v) is 3.77. The normalized spacial score (nSPS) is 13.8. The molecule has 0 saturated carbocycles. The third kappa shape index (κ3) is 5.17. The highest BCUT2D eigenvalue weighted by atomic mass is 16.2. The molecule has 3 aromatic rings. The summed E-state index contributed by atoms with van der Waals surface area (Å²) in [6.07, 6.45) is 0. The second kappa shape index (κ2) is 9.26. The Kier molecular flexibility index (Phi) is 6.25. The third-order valence-electron chi connectivity index (χ3n) is 5.67. The van der Waals surface area contributed by atoms with E-state index in [4.69, 9.17) is 0 Å². The van der Waals surface area contributed by atoms with Crippen LogP contribution in [0.5, 0.6) is 0 Å². The summed E-state index contributed by atoms with van der Waals surface area (Å²) in [5.41, 5.74) is 5.27. The van der Waals surface area contributed by atoms with Crippen molar-refractivity contribution in [2.45, 2.75) is 27.7 Å². The molecule has 2 heterocycles. The summed E-state index contributed by atoms with van der Waals surface area (Å²) in [7, 11) is 0. The summed E-state index contributed by atoms with van der Waals surface area (Å²) < 4.78 is 0. The molecular weight excluding hydrogens is 400 g/mol. The van der Waals surface area contributed by atoms with Crippen molar-refractivity contribution < 1.29 is 4.79 Å². The standard InChI is InChI=1S/C25H30N6O/c1-17-6-9-21(10-7-17)28-23-16-24(27-20(4)26-23)30-11-13-31(14-12-30)25(32)29-22-15-18(2)5-8-19(22)3/h5-10,15-16H,11-14H2,1-4H3,(H,29,32)(H,26,27,28). The predicted octanol–water partition coefficient (Wildman–Crippen LogP) is 4.81. The Morgan fingerprint density at radius 2 is 1.53 bits per heavy atom. The highest BCUT2D eigenvalue weighted by molar-refractivity contribution is 5.90. The number of nitrogens with zero attached hydrogens (tertiary/aromatic N) is 4. The lowest BCUT2D eigenvalue weighted by Gasteiger charge is -2.35. The third-order valence-corrected chi connectivity index (χ3v) is 5.67. The Morgan fingerprint density at radius 1 is 0.844 bits per heavy atom. The first kappa shape index (κ1) is 21.6. The van der Waals surface area contributed by atoms with Gasteiger partial charge in [-0.15, -0.1) is 0 Å². The number of rotatable bonds is 4. The van der Waals surface area contributed by atoms with Crippen LogP contribution in [0, 0.1) is 27.7 Å². The van der Waals surface area contributed by atoms with Crippen LogP contribution in [0.15, 0.2) is 48.5 Å². The molecule has 0 aliphatic carbocycles. The number of carbonyl (C=O) groups excluding carboxylic acids is 1. The van der Waals surface area contributed by atoms with Gasteiger partial charge in [-0.25, -0.2) is 14.8 Å². The maximum absolute atomic E-state index is 12.8. The maximum Gasteiger partial charge on any atom is 0.321 e. The zero-order valence-electron chi connectivity index (χ0n) is 19.1. The summed E-state index contributed by atoms with van der Waals surface area (Å²) in [5.74, 6) is 2.36. The molecular formula is C25H30N6O. The minimum Gasteiger partial charge on any atom is -0.353 e. The van der Waals surface area contributed by atoms with Crippen LogP contribution in [0.4, 0.5) is 27.8 Å². The zero-order valence-corrected chi connectivity index (χ0v) is 19.1. The van der Waals surface area contributed by atoms with E-state index in [1.807, 2.05) is 56.0 Å². The van der Waals surface area contributed by atoms with Crippen LogP contribution in [-0.2, 0) is 0 Å². The number of amides is 2. The molecule has 1 fully saturated rings. The molecule has 7 heteroatoms. The molecule has 0 radical (unpaired) electrons. The van der Waals surface area contributed by atoms with Crippen LogP contribution in [0.1, 0.15) is 22.5 Å². The Morgan fingerprint density at radius 3 is 2.25 bits per heavy atom. The van der Waals surface area contributed by atoms with Gasteiger partial charge in [-0.05, 0) is 57.0 Å². The molecule has 2 N–H and O–H groups in total. The van der Waals surface area contributed by atoms with Gasteiger partial charge in [0.05, 0.1) is 0 Å². The Labute approximate surface area is 189 Å². The number of carbonyl (C=O) groups is 1. The fourth-order valence-electron chi connectivity index (χ4n) is 3.77. The molecule has 4 rings (SSSR count). The minimum atomic E-state index is -0.0565. The molecule has 2 aromatic carbocycles. The predicted molar refractivity (Wildman–Crippen MR) is 130 cm³/mol. The van der Waals surface area contributed by atoms with Crippen molar-refractivity contribution in [1.29, 1.82) is 0 Å². The largest absolute Gasteiger partial charge is 0.353 e. The molecule has 0 bridgehead atoms. The highest BCUT2D eigenvalue weighted by Crippen LogP contribution is 2.22. The zero-order chi connectivity index (χ0) is 22.7. The summed E-state index contributed by atoms with van der Waals surface area (Å²) in [6.45, 7) is 10.7. The Bertz CT molecular complexity index is 1100. The van der Waals surface area contributed by atoms with Gasteiger partial charge < -0.3 is 20.4 Å². The first-order valence-electron chi connectivity index (χ1n) is 10.9. The van der Waals surface area contributed by atoms with Gasteiger partial charge in [0.15, 0.2) is 0 Å². The summed E-state index contributed by atoms with van der Waals surface area (Å²) in [4.78, 5) is 26.0. The van der Waals surface area contributed by atoms with Crippen molar-refractivity contribution in [2.24, 2.45) is 0 Å². The summed E-state index contributed by atoms with van der Waals surface area (Å²) >= 11 is 0. The van der Waals surface area contributed by atoms with E-state index in [9.17, 15) is 4.79 Å². The van der Waals surface area contributed by atoms with Crippen molar-refractivity contribution in [3.05, 3.63) is 71.0 Å². The van der Waals surface area contributed by atoms with E-state index in [0.717, 1.165) is 47.2 Å². The molecule has 2 amide bonds. The van der Waals surface area contributed by atoms with Crippen molar-refractivity contribution in [1.82, 2.24) is 14.9 Å². The van der Waals surface area contributed by atoms with Gasteiger partial charge in [0.1, 0.15) is 17.5 Å². The topological polar surface area (TPSA) is 73.4 Å². The van der Waals surface area contributed by atoms with Crippen molar-refractivity contribution in [3.63, 3.8) is 0 Å². The van der Waals surface area contributed by atoms with Crippen LogP contribution < -0.4 is 15.5 Å². The van der Waals surface area contributed by atoms with Gasteiger partial charge in [-0.3, -0.25) is 0 Å². The van der Waals surface area contributed by atoms with Crippen molar-refractivity contribution in [3.8, 4) is 0 Å². The first-order chi connectivity index (χ1) is 15.4. The lowest BCUT2D eigenvalue weighted by atomic mass is 10.1. The second-order valence-electron chi connectivity index (χ2n) is 8.37. The lowest BCUT2D eigenvalue weighted by molar-refractivity contribution is 0.208. The second-order valence-corrected chi connectivity index (χ2v) is 8.37. The van der Waals surface area contributed by atoms with E-state index >= 15 is 0 Å². The van der Waals surface area contributed by atoms with E-state index in [2.05, 4.69) is 50.6 Å². The summed E-state index contributed by atoms with van der Waals surface area (Å²) in [6, 6.07) is 16.2. The molecule has 1 aromatic heterocycles. The SMILES string of the molecule is Cc1ccc(Nc2cc(N3CCN(C(=O)Nc4cc(C)ccc4C)CC3)nc(C)n2)cc1. The molecule has 1 aliphatic rings. The molecule has 7 nitrogen and oxygen atoms in total. The molecule has 166 valence electrons. The van der Waals surface area contributed by atoms with E-state index in [1.165, 1.54) is 5.56 Å². The monoisotopic (exact) mass is 430 g/mol. The van der Waals surface area contributed by atoms with Crippen molar-refractivity contribution in [2.75, 3.05) is 41.7 Å². The molecule has 32 heavy (non-hydrogen) atoms. The number of hydrogen-bond acceptors (Lipinski definition) is 5. The number of aryl methyl sites for hydroxylation is 4. The summed E-state index contributed by atoms with van der Waals surface area (Å²) in [5, 5.41) is 6.42. The molecule has 1 aliphatic heterocycles. The quantitative estimate of drug-likeness (QED) is 0.622. The average molecular weight is 431 g/mol. The number of benzene rings is 2. The molecule has 0 atom stereocenters. The number of hydrogen-bond donors (Lipinski definition) is 2. The van der Waals surface area contributed by atoms with Crippen LogP contribution in [0.2, 0.25) is 0 Å². The van der Waals surface area contributed by atoms with Gasteiger partial charge in [-0.1, -0.05) is 29.8 Å². The Hall–Kier alpha value is -3.61. The lowest BCUT2D eigenvalue weighted by Crippen LogP contribution is -2.50. The minimum absolute atomic E-state index is 0.0565. The number of anilines is 4. The van der Waals surface area contributed by atoms with E-state index in [1.54, 1.807) is 0 Å². The van der Waals surface area contributed by atoms with Crippen LogP contribution >= 0.6 is 0 Å². The van der Waals surface area contributed by atoms with Gasteiger partial charge in [0, 0.05) is 43.6 Å². The number of piperazine rings is 1. The number of nitrogens with one attached hydrogen (secondary N) is 2. The van der Waals surface area contributed by atoms with Gasteiger partial charge in [0.2, 0.25) is 0 Å². The van der Waals surface area contributed by atoms with Crippen LogP contribution in [0.25, 0.3) is 0 Å². The fraction of sp³-hybridized carbons (Fsp3) is 0.320. The van der Waals surface area contributed by atoms with Gasteiger partial charge in [-0.2, -0.15) is 0 Å². The van der Waals surface area contributed by atoms with E-state index < -0.39 is 0 Å². The first-order valence-corrected chi connectivity index (χ1v) is 10.9. The Balaban J connectivity index is 1.39.